The monoisotopic (exact) mass is 385 g/mol. The number of hydrogen-bond donors (Lipinski definition) is 2. The molecule has 1 aromatic carbocycles. The van der Waals surface area contributed by atoms with Gasteiger partial charge in [-0.1, -0.05) is 52.3 Å². The Hall–Kier alpha value is -1.84. The summed E-state index contributed by atoms with van der Waals surface area (Å²) in [4.78, 5) is 22.8. The quantitative estimate of drug-likeness (QED) is 0.739. The first kappa shape index (κ1) is 20.9. The number of aliphatic carboxylic acids is 1. The summed E-state index contributed by atoms with van der Waals surface area (Å²) in [5.74, 6) is 0.00712. The first-order valence-electron chi connectivity index (χ1n) is 10.8. The van der Waals surface area contributed by atoms with Crippen LogP contribution in [0.1, 0.15) is 88.8 Å². The zero-order valence-electron chi connectivity index (χ0n) is 17.8. The third-order valence-corrected chi connectivity index (χ3v) is 7.44. The van der Waals surface area contributed by atoms with E-state index in [1.807, 2.05) is 0 Å². The highest BCUT2D eigenvalue weighted by Crippen LogP contribution is 2.57. The maximum absolute atomic E-state index is 12.1. The average molecular weight is 386 g/mol. The third-order valence-electron chi connectivity index (χ3n) is 7.44. The molecule has 0 aromatic heterocycles. The molecule has 0 heterocycles. The van der Waals surface area contributed by atoms with E-state index in [1.54, 1.807) is 5.56 Å². The number of fused-ring (bicyclic) bond motifs is 3. The number of carboxylic acids is 1. The normalized spacial score (nSPS) is 29.1. The van der Waals surface area contributed by atoms with Crippen molar-refractivity contribution in [3.8, 4) is 0 Å². The third kappa shape index (κ3) is 3.83. The van der Waals surface area contributed by atoms with Gasteiger partial charge >= 0.3 is 5.97 Å². The van der Waals surface area contributed by atoms with Crippen molar-refractivity contribution < 1.29 is 14.7 Å². The molecule has 1 aromatic rings. The number of carboxylic acid groups (broad SMARTS) is 1. The molecule has 1 saturated carbocycles. The molecular formula is C24H35NO3. The lowest BCUT2D eigenvalue weighted by Gasteiger charge is -2.56. The van der Waals surface area contributed by atoms with E-state index in [1.165, 1.54) is 24.0 Å². The first-order chi connectivity index (χ1) is 13.2. The van der Waals surface area contributed by atoms with Gasteiger partial charge in [-0.05, 0) is 65.0 Å². The van der Waals surface area contributed by atoms with E-state index in [2.05, 4.69) is 51.2 Å². The Morgan fingerprint density at radius 2 is 1.96 bits per heavy atom. The largest absolute Gasteiger partial charge is 0.481 e. The minimum Gasteiger partial charge on any atom is -0.481 e. The molecule has 0 radical (unpaired) electrons. The van der Waals surface area contributed by atoms with Crippen LogP contribution in [0.4, 0.5) is 0 Å². The number of amides is 1. The van der Waals surface area contributed by atoms with Crippen LogP contribution in [-0.2, 0) is 21.4 Å². The summed E-state index contributed by atoms with van der Waals surface area (Å²) >= 11 is 0. The molecule has 28 heavy (non-hydrogen) atoms. The van der Waals surface area contributed by atoms with Crippen molar-refractivity contribution >= 4 is 11.9 Å². The maximum atomic E-state index is 12.1. The second-order valence-electron chi connectivity index (χ2n) is 9.71. The SMILES string of the molecule is CC(C)c1cccc2c1CCC1C(C)(CNC(=O)CCC(=O)O)CCCC21C. The number of benzene rings is 1. The van der Waals surface area contributed by atoms with Crippen LogP contribution in [0.5, 0.6) is 0 Å². The van der Waals surface area contributed by atoms with Crippen molar-refractivity contribution in [1.82, 2.24) is 5.32 Å². The van der Waals surface area contributed by atoms with E-state index in [0.29, 0.717) is 18.4 Å². The Bertz CT molecular complexity index is 756. The number of carbonyl (C=O) groups is 2. The van der Waals surface area contributed by atoms with Crippen LogP contribution in [-0.4, -0.2) is 23.5 Å². The zero-order chi connectivity index (χ0) is 20.5. The van der Waals surface area contributed by atoms with Gasteiger partial charge in [0.25, 0.3) is 0 Å². The van der Waals surface area contributed by atoms with Crippen LogP contribution in [0.25, 0.3) is 0 Å². The number of rotatable bonds is 6. The molecule has 3 unspecified atom stereocenters. The Morgan fingerprint density at radius 1 is 1.21 bits per heavy atom. The minimum atomic E-state index is -0.920. The molecule has 1 amide bonds. The summed E-state index contributed by atoms with van der Waals surface area (Å²) < 4.78 is 0. The van der Waals surface area contributed by atoms with Gasteiger partial charge in [0, 0.05) is 13.0 Å². The Kier molecular flexibility index (Phi) is 5.88. The summed E-state index contributed by atoms with van der Waals surface area (Å²) in [7, 11) is 0. The van der Waals surface area contributed by atoms with Crippen molar-refractivity contribution in [2.45, 2.75) is 84.0 Å². The maximum Gasteiger partial charge on any atom is 0.303 e. The standard InChI is InChI=1S/C24H35NO3/c1-16(2)17-7-5-8-19-18(17)9-10-20-23(3,13-6-14-24(19,20)4)15-25-21(26)11-12-22(27)28/h5,7-8,16,20H,6,9-15H2,1-4H3,(H,25,26)(H,27,28). The fraction of sp³-hybridized carbons (Fsp3) is 0.667. The highest BCUT2D eigenvalue weighted by atomic mass is 16.4. The van der Waals surface area contributed by atoms with E-state index < -0.39 is 5.97 Å². The van der Waals surface area contributed by atoms with Gasteiger partial charge in [-0.15, -0.1) is 0 Å². The highest BCUT2D eigenvalue weighted by Gasteiger charge is 2.51. The van der Waals surface area contributed by atoms with Crippen molar-refractivity contribution in [3.05, 3.63) is 34.9 Å². The van der Waals surface area contributed by atoms with Crippen LogP contribution in [0.15, 0.2) is 18.2 Å². The van der Waals surface area contributed by atoms with E-state index in [9.17, 15) is 9.59 Å². The van der Waals surface area contributed by atoms with Crippen LogP contribution >= 0.6 is 0 Å². The van der Waals surface area contributed by atoms with Gasteiger partial charge < -0.3 is 10.4 Å². The summed E-state index contributed by atoms with van der Waals surface area (Å²) in [5.41, 5.74) is 4.78. The van der Waals surface area contributed by atoms with E-state index in [-0.39, 0.29) is 29.6 Å². The van der Waals surface area contributed by atoms with Gasteiger partial charge in [0.1, 0.15) is 0 Å². The predicted molar refractivity (Wildman–Crippen MR) is 112 cm³/mol. The van der Waals surface area contributed by atoms with Crippen LogP contribution < -0.4 is 5.32 Å². The average Bonchev–Trinajstić information content (AvgIpc) is 2.64. The fourth-order valence-corrected chi connectivity index (χ4v) is 6.04. The number of nitrogens with one attached hydrogen (secondary N) is 1. The molecule has 2 N–H and O–H groups in total. The molecule has 4 heteroatoms. The lowest BCUT2D eigenvalue weighted by atomic mass is 9.49. The van der Waals surface area contributed by atoms with Crippen molar-refractivity contribution in [2.24, 2.45) is 11.3 Å². The van der Waals surface area contributed by atoms with Gasteiger partial charge in [0.2, 0.25) is 5.91 Å². The Balaban J connectivity index is 1.82. The molecule has 1 fully saturated rings. The van der Waals surface area contributed by atoms with Gasteiger partial charge in [0.05, 0.1) is 6.42 Å². The van der Waals surface area contributed by atoms with Crippen LogP contribution in [0, 0.1) is 11.3 Å². The Labute approximate surface area is 169 Å². The molecule has 0 bridgehead atoms. The summed E-state index contributed by atoms with van der Waals surface area (Å²) in [6.07, 6.45) is 5.73. The lowest BCUT2D eigenvalue weighted by Crippen LogP contribution is -2.53. The van der Waals surface area contributed by atoms with Crippen molar-refractivity contribution in [2.75, 3.05) is 6.54 Å². The molecule has 3 rings (SSSR count). The van der Waals surface area contributed by atoms with Crippen molar-refractivity contribution in [3.63, 3.8) is 0 Å². The predicted octanol–water partition coefficient (Wildman–Crippen LogP) is 4.80. The van der Waals surface area contributed by atoms with Crippen LogP contribution in [0.2, 0.25) is 0 Å². The molecule has 0 saturated heterocycles. The Morgan fingerprint density at radius 3 is 2.64 bits per heavy atom. The fourth-order valence-electron chi connectivity index (χ4n) is 6.04. The number of carbonyl (C=O) groups excluding carboxylic acids is 1. The summed E-state index contributed by atoms with van der Waals surface area (Å²) in [6.45, 7) is 9.96. The molecule has 2 aliphatic carbocycles. The van der Waals surface area contributed by atoms with Gasteiger partial charge in [-0.25, -0.2) is 0 Å². The molecule has 154 valence electrons. The van der Waals surface area contributed by atoms with Crippen molar-refractivity contribution in [1.29, 1.82) is 0 Å². The van der Waals surface area contributed by atoms with E-state index in [4.69, 9.17) is 5.11 Å². The lowest BCUT2D eigenvalue weighted by molar-refractivity contribution is -0.139. The van der Waals surface area contributed by atoms with Crippen LogP contribution in [0.3, 0.4) is 0 Å². The molecule has 0 aliphatic heterocycles. The molecule has 4 nitrogen and oxygen atoms in total. The molecular weight excluding hydrogens is 350 g/mol. The van der Waals surface area contributed by atoms with Gasteiger partial charge in [-0.3, -0.25) is 9.59 Å². The second-order valence-corrected chi connectivity index (χ2v) is 9.71. The smallest absolute Gasteiger partial charge is 0.303 e. The number of hydrogen-bond acceptors (Lipinski definition) is 2. The van der Waals surface area contributed by atoms with E-state index in [0.717, 1.165) is 19.3 Å². The molecule has 0 spiro atoms. The molecule has 3 atom stereocenters. The van der Waals surface area contributed by atoms with E-state index >= 15 is 0 Å². The topological polar surface area (TPSA) is 66.4 Å². The second kappa shape index (κ2) is 7.88. The summed E-state index contributed by atoms with van der Waals surface area (Å²) in [6, 6.07) is 6.85. The summed E-state index contributed by atoms with van der Waals surface area (Å²) in [5, 5.41) is 11.8. The van der Waals surface area contributed by atoms with Gasteiger partial charge in [-0.2, -0.15) is 0 Å². The zero-order valence-corrected chi connectivity index (χ0v) is 17.8. The first-order valence-corrected chi connectivity index (χ1v) is 10.8. The highest BCUT2D eigenvalue weighted by molar-refractivity contribution is 5.80. The van der Waals surface area contributed by atoms with Gasteiger partial charge in [0.15, 0.2) is 0 Å². The minimum absolute atomic E-state index is 0.0530. The molecule has 2 aliphatic rings.